The molecule has 5 heteroatoms. The second-order valence-corrected chi connectivity index (χ2v) is 3.44. The standard InChI is InChI=1S/C8H19N3OS/c1-7(2)12-6-4-3-5-10-8(13)11-9/h7H,3-6,9H2,1-2H3,(H2,10,11,13). The van der Waals surface area contributed by atoms with E-state index in [1.165, 1.54) is 0 Å². The summed E-state index contributed by atoms with van der Waals surface area (Å²) in [6.45, 7) is 5.71. The van der Waals surface area contributed by atoms with Gasteiger partial charge >= 0.3 is 0 Å². The van der Waals surface area contributed by atoms with Crippen LogP contribution < -0.4 is 16.6 Å². The summed E-state index contributed by atoms with van der Waals surface area (Å²) in [7, 11) is 0. The molecule has 13 heavy (non-hydrogen) atoms. The van der Waals surface area contributed by atoms with Crippen LogP contribution in [0.2, 0.25) is 0 Å². The molecule has 0 bridgehead atoms. The van der Waals surface area contributed by atoms with E-state index in [1.807, 2.05) is 13.8 Å². The number of rotatable bonds is 6. The summed E-state index contributed by atoms with van der Waals surface area (Å²) >= 11 is 4.80. The van der Waals surface area contributed by atoms with Crippen molar-refractivity contribution in [3.8, 4) is 0 Å². The zero-order valence-corrected chi connectivity index (χ0v) is 9.12. The van der Waals surface area contributed by atoms with Gasteiger partial charge in [0.15, 0.2) is 5.11 Å². The third-order valence-corrected chi connectivity index (χ3v) is 1.70. The van der Waals surface area contributed by atoms with Gasteiger partial charge in [-0.05, 0) is 38.9 Å². The smallest absolute Gasteiger partial charge is 0.180 e. The van der Waals surface area contributed by atoms with E-state index in [-0.39, 0.29) is 0 Å². The molecule has 4 nitrogen and oxygen atoms in total. The molecule has 0 heterocycles. The summed E-state index contributed by atoms with van der Waals surface area (Å²) in [4.78, 5) is 0. The van der Waals surface area contributed by atoms with Crippen molar-refractivity contribution in [2.75, 3.05) is 13.2 Å². The molecule has 0 fully saturated rings. The predicted molar refractivity (Wildman–Crippen MR) is 58.2 cm³/mol. The Bertz CT molecular complexity index is 141. The van der Waals surface area contributed by atoms with Gasteiger partial charge in [-0.25, -0.2) is 5.84 Å². The van der Waals surface area contributed by atoms with Gasteiger partial charge in [-0.2, -0.15) is 0 Å². The zero-order valence-electron chi connectivity index (χ0n) is 8.30. The highest BCUT2D eigenvalue weighted by atomic mass is 32.1. The molecule has 78 valence electrons. The Morgan fingerprint density at radius 1 is 1.46 bits per heavy atom. The van der Waals surface area contributed by atoms with Gasteiger partial charge in [0.2, 0.25) is 0 Å². The van der Waals surface area contributed by atoms with Crippen LogP contribution in [-0.4, -0.2) is 24.4 Å². The quantitative estimate of drug-likeness (QED) is 0.255. The first-order chi connectivity index (χ1) is 6.16. The van der Waals surface area contributed by atoms with Gasteiger partial charge in [0.05, 0.1) is 6.10 Å². The molecule has 0 aromatic carbocycles. The van der Waals surface area contributed by atoms with Gasteiger partial charge in [0.1, 0.15) is 0 Å². The second kappa shape index (κ2) is 8.22. The Balaban J connectivity index is 3.04. The summed E-state index contributed by atoms with van der Waals surface area (Å²) < 4.78 is 5.37. The van der Waals surface area contributed by atoms with Gasteiger partial charge in [-0.3, -0.25) is 0 Å². The summed E-state index contributed by atoms with van der Waals surface area (Å²) in [6, 6.07) is 0. The molecule has 0 spiro atoms. The first kappa shape index (κ1) is 12.6. The minimum Gasteiger partial charge on any atom is -0.379 e. The molecule has 0 aliphatic heterocycles. The van der Waals surface area contributed by atoms with Crippen LogP contribution >= 0.6 is 12.2 Å². The van der Waals surface area contributed by atoms with Crippen molar-refractivity contribution in [2.45, 2.75) is 32.8 Å². The normalized spacial score (nSPS) is 10.2. The van der Waals surface area contributed by atoms with E-state index < -0.39 is 0 Å². The molecule has 0 saturated carbocycles. The minimum atomic E-state index is 0.319. The molecule has 0 aliphatic carbocycles. The fourth-order valence-corrected chi connectivity index (χ4v) is 0.901. The van der Waals surface area contributed by atoms with Crippen LogP contribution in [0.1, 0.15) is 26.7 Å². The average molecular weight is 205 g/mol. The number of hydrazine groups is 1. The maximum Gasteiger partial charge on any atom is 0.180 e. The lowest BCUT2D eigenvalue weighted by atomic mass is 10.3. The van der Waals surface area contributed by atoms with Crippen LogP contribution in [0.5, 0.6) is 0 Å². The number of ether oxygens (including phenoxy) is 1. The van der Waals surface area contributed by atoms with Crippen LogP contribution in [-0.2, 0) is 4.74 Å². The molecule has 0 rings (SSSR count). The van der Waals surface area contributed by atoms with Crippen molar-refractivity contribution in [3.05, 3.63) is 0 Å². The molecule has 0 saturated heterocycles. The summed E-state index contributed by atoms with van der Waals surface area (Å²) in [5.74, 6) is 5.07. The number of thiocarbonyl (C=S) groups is 1. The van der Waals surface area contributed by atoms with Crippen LogP contribution in [0.25, 0.3) is 0 Å². The van der Waals surface area contributed by atoms with Gasteiger partial charge < -0.3 is 15.5 Å². The summed E-state index contributed by atoms with van der Waals surface area (Å²) in [5.41, 5.74) is 2.36. The minimum absolute atomic E-state index is 0.319. The zero-order chi connectivity index (χ0) is 10.1. The van der Waals surface area contributed by atoms with E-state index in [1.54, 1.807) is 0 Å². The molecule has 0 atom stereocenters. The Kier molecular flexibility index (Phi) is 7.97. The number of unbranched alkanes of at least 4 members (excludes halogenated alkanes) is 1. The molecule has 0 aliphatic rings. The number of nitrogens with two attached hydrogens (primary N) is 1. The van der Waals surface area contributed by atoms with Crippen molar-refractivity contribution in [2.24, 2.45) is 5.84 Å². The summed E-state index contributed by atoms with van der Waals surface area (Å²) in [6.07, 6.45) is 2.40. The van der Waals surface area contributed by atoms with Crippen LogP contribution in [0.3, 0.4) is 0 Å². The monoisotopic (exact) mass is 205 g/mol. The van der Waals surface area contributed by atoms with Gasteiger partial charge in [0, 0.05) is 13.2 Å². The van der Waals surface area contributed by atoms with E-state index in [9.17, 15) is 0 Å². The molecule has 4 N–H and O–H groups in total. The van der Waals surface area contributed by atoms with E-state index in [0.717, 1.165) is 26.0 Å². The first-order valence-corrected chi connectivity index (χ1v) is 4.93. The number of nitrogens with one attached hydrogen (secondary N) is 2. The summed E-state index contributed by atoms with van der Waals surface area (Å²) in [5, 5.41) is 3.45. The Morgan fingerprint density at radius 3 is 2.69 bits per heavy atom. The van der Waals surface area contributed by atoms with Crippen molar-refractivity contribution in [3.63, 3.8) is 0 Å². The average Bonchev–Trinajstić information content (AvgIpc) is 2.10. The SMILES string of the molecule is CC(C)OCCCCNC(=S)NN. The third kappa shape index (κ3) is 9.52. The highest BCUT2D eigenvalue weighted by Crippen LogP contribution is 1.93. The van der Waals surface area contributed by atoms with Gasteiger partial charge in [-0.15, -0.1) is 0 Å². The largest absolute Gasteiger partial charge is 0.379 e. The van der Waals surface area contributed by atoms with Crippen molar-refractivity contribution < 1.29 is 4.74 Å². The fourth-order valence-electron chi connectivity index (χ4n) is 0.799. The van der Waals surface area contributed by atoms with E-state index in [0.29, 0.717) is 11.2 Å². The van der Waals surface area contributed by atoms with E-state index in [2.05, 4.69) is 10.7 Å². The molecule has 0 radical (unpaired) electrons. The molecule has 0 aromatic rings. The lowest BCUT2D eigenvalue weighted by molar-refractivity contribution is 0.0762. The molecular weight excluding hydrogens is 186 g/mol. The van der Waals surface area contributed by atoms with E-state index in [4.69, 9.17) is 22.8 Å². The second-order valence-electron chi connectivity index (χ2n) is 3.03. The van der Waals surface area contributed by atoms with Crippen LogP contribution in [0.4, 0.5) is 0 Å². The van der Waals surface area contributed by atoms with Crippen molar-refractivity contribution in [1.29, 1.82) is 0 Å². The lowest BCUT2D eigenvalue weighted by Crippen LogP contribution is -2.40. The maximum atomic E-state index is 5.37. The Morgan fingerprint density at radius 2 is 2.15 bits per heavy atom. The maximum absolute atomic E-state index is 5.37. The number of hydrogen-bond acceptors (Lipinski definition) is 3. The molecule has 0 unspecified atom stereocenters. The molecule has 0 amide bonds. The first-order valence-electron chi connectivity index (χ1n) is 4.53. The Labute approximate surface area is 85.2 Å². The van der Waals surface area contributed by atoms with Gasteiger partial charge in [0.25, 0.3) is 0 Å². The highest BCUT2D eigenvalue weighted by molar-refractivity contribution is 7.80. The van der Waals surface area contributed by atoms with Crippen molar-refractivity contribution in [1.82, 2.24) is 10.7 Å². The van der Waals surface area contributed by atoms with E-state index >= 15 is 0 Å². The fraction of sp³-hybridized carbons (Fsp3) is 0.875. The topological polar surface area (TPSA) is 59.3 Å². The van der Waals surface area contributed by atoms with Crippen LogP contribution in [0.15, 0.2) is 0 Å². The predicted octanol–water partition coefficient (Wildman–Crippen LogP) is 0.529. The van der Waals surface area contributed by atoms with Crippen LogP contribution in [0, 0.1) is 0 Å². The Hall–Kier alpha value is -0.390. The highest BCUT2D eigenvalue weighted by Gasteiger charge is 1.94. The molecular formula is C8H19N3OS. The van der Waals surface area contributed by atoms with Crippen molar-refractivity contribution >= 4 is 17.3 Å². The number of hydrogen-bond donors (Lipinski definition) is 3. The van der Waals surface area contributed by atoms with Gasteiger partial charge in [-0.1, -0.05) is 0 Å². The molecule has 0 aromatic heterocycles. The lowest BCUT2D eigenvalue weighted by Gasteiger charge is -2.08. The third-order valence-electron chi connectivity index (χ3n) is 1.44.